The predicted octanol–water partition coefficient (Wildman–Crippen LogP) is 0.919. The fourth-order valence-corrected chi connectivity index (χ4v) is 2.74. The zero-order chi connectivity index (χ0) is 16.1. The molecule has 0 saturated carbocycles. The molecule has 1 aliphatic rings. The molecule has 3 heterocycles. The van der Waals surface area contributed by atoms with Gasteiger partial charge in [-0.25, -0.2) is 0 Å². The zero-order valence-corrected chi connectivity index (χ0v) is 16.4. The van der Waals surface area contributed by atoms with Crippen molar-refractivity contribution < 1.29 is 4.52 Å². The lowest BCUT2D eigenvalue weighted by molar-refractivity contribution is 0.169. The van der Waals surface area contributed by atoms with Gasteiger partial charge in [0.05, 0.1) is 11.9 Å². The van der Waals surface area contributed by atoms with E-state index in [0.29, 0.717) is 0 Å². The fraction of sp³-hybridized carbons (Fsp3) is 0.533. The highest BCUT2D eigenvalue weighted by molar-refractivity contribution is 14.0. The highest BCUT2D eigenvalue weighted by Crippen LogP contribution is 2.07. The molecule has 1 fully saturated rings. The first-order valence-corrected chi connectivity index (χ1v) is 7.79. The van der Waals surface area contributed by atoms with Crippen molar-refractivity contribution in [2.45, 2.75) is 13.1 Å². The molecular formula is C15H24IN7O. The van der Waals surface area contributed by atoms with Gasteiger partial charge in [0.25, 0.3) is 0 Å². The van der Waals surface area contributed by atoms with Crippen molar-refractivity contribution in [2.75, 3.05) is 33.2 Å². The average molecular weight is 445 g/mol. The van der Waals surface area contributed by atoms with Crippen LogP contribution in [0.5, 0.6) is 0 Å². The second-order valence-corrected chi connectivity index (χ2v) is 5.68. The highest BCUT2D eigenvalue weighted by Gasteiger charge is 2.20. The summed E-state index contributed by atoms with van der Waals surface area (Å²) in [4.78, 5) is 9.06. The number of aliphatic imine (C=N–C) groups is 1. The summed E-state index contributed by atoms with van der Waals surface area (Å²) in [6.45, 7) is 5.45. The first-order chi connectivity index (χ1) is 11.2. The molecule has 1 N–H and O–H groups in total. The molecule has 0 spiro atoms. The molecule has 2 aromatic heterocycles. The molecule has 0 amide bonds. The molecule has 0 unspecified atom stereocenters. The van der Waals surface area contributed by atoms with Crippen molar-refractivity contribution in [2.24, 2.45) is 12.0 Å². The van der Waals surface area contributed by atoms with E-state index in [1.807, 2.05) is 37.2 Å². The Hall–Kier alpha value is -1.62. The Morgan fingerprint density at radius 3 is 2.71 bits per heavy atom. The van der Waals surface area contributed by atoms with Gasteiger partial charge in [0.15, 0.2) is 5.96 Å². The minimum Gasteiger partial charge on any atom is -0.364 e. The number of hydrogen-bond donors (Lipinski definition) is 1. The molecule has 0 radical (unpaired) electrons. The van der Waals surface area contributed by atoms with E-state index in [0.717, 1.165) is 56.5 Å². The van der Waals surface area contributed by atoms with Gasteiger partial charge in [0.1, 0.15) is 6.26 Å². The number of halogens is 1. The smallest absolute Gasteiger partial charge is 0.194 e. The Balaban J connectivity index is 0.00000208. The molecule has 0 aliphatic carbocycles. The van der Waals surface area contributed by atoms with Crippen molar-refractivity contribution in [1.29, 1.82) is 0 Å². The Bertz CT molecular complexity index is 632. The minimum absolute atomic E-state index is 0. The summed E-state index contributed by atoms with van der Waals surface area (Å²) in [7, 11) is 3.75. The van der Waals surface area contributed by atoms with Crippen molar-refractivity contribution >= 4 is 29.9 Å². The Labute approximate surface area is 158 Å². The van der Waals surface area contributed by atoms with Crippen molar-refractivity contribution in [3.8, 4) is 0 Å². The summed E-state index contributed by atoms with van der Waals surface area (Å²) in [5.74, 6) is 0.940. The third-order valence-electron chi connectivity index (χ3n) is 3.97. The predicted molar refractivity (Wildman–Crippen MR) is 102 cm³/mol. The van der Waals surface area contributed by atoms with Gasteiger partial charge in [-0.2, -0.15) is 5.10 Å². The highest BCUT2D eigenvalue weighted by atomic mass is 127. The molecule has 132 valence electrons. The van der Waals surface area contributed by atoms with Gasteiger partial charge >= 0.3 is 0 Å². The number of guanidine groups is 1. The second kappa shape index (κ2) is 9.02. The first kappa shape index (κ1) is 18.7. The lowest BCUT2D eigenvalue weighted by Crippen LogP contribution is -2.52. The molecule has 1 aliphatic heterocycles. The van der Waals surface area contributed by atoms with Crippen LogP contribution in [0.1, 0.15) is 11.3 Å². The lowest BCUT2D eigenvalue weighted by atomic mass is 10.3. The number of rotatable bonds is 4. The SMILES string of the molecule is CN=C(NCc1cnn(C)c1)N1CCN(Cc2ccon2)CC1.I. The van der Waals surface area contributed by atoms with E-state index in [1.54, 1.807) is 6.26 Å². The van der Waals surface area contributed by atoms with E-state index in [9.17, 15) is 0 Å². The van der Waals surface area contributed by atoms with Crippen LogP contribution < -0.4 is 5.32 Å². The number of aromatic nitrogens is 3. The topological polar surface area (TPSA) is 74.7 Å². The summed E-state index contributed by atoms with van der Waals surface area (Å²) in [5.41, 5.74) is 2.14. The molecule has 2 aromatic rings. The zero-order valence-electron chi connectivity index (χ0n) is 14.1. The summed E-state index contributed by atoms with van der Waals surface area (Å²) < 4.78 is 6.69. The molecule has 3 rings (SSSR count). The van der Waals surface area contributed by atoms with Gasteiger partial charge in [-0.05, 0) is 0 Å². The monoisotopic (exact) mass is 445 g/mol. The van der Waals surface area contributed by atoms with E-state index in [4.69, 9.17) is 4.52 Å². The standard InChI is InChI=1S/C15H23N7O.HI/c1-16-15(17-9-13-10-18-20(2)11-13)22-6-4-21(5-7-22)12-14-3-8-23-19-14;/h3,8,10-11H,4-7,9,12H2,1-2H3,(H,16,17);1H. The van der Waals surface area contributed by atoms with Crippen LogP contribution >= 0.6 is 24.0 Å². The van der Waals surface area contributed by atoms with Crippen LogP contribution in [0.2, 0.25) is 0 Å². The maximum absolute atomic E-state index is 4.89. The number of nitrogens with one attached hydrogen (secondary N) is 1. The van der Waals surface area contributed by atoms with Crippen LogP contribution in [0, 0.1) is 0 Å². The first-order valence-electron chi connectivity index (χ1n) is 7.79. The van der Waals surface area contributed by atoms with Gasteiger partial charge in [-0.1, -0.05) is 5.16 Å². The summed E-state index contributed by atoms with van der Waals surface area (Å²) >= 11 is 0. The van der Waals surface area contributed by atoms with Crippen LogP contribution in [0.25, 0.3) is 0 Å². The second-order valence-electron chi connectivity index (χ2n) is 5.68. The third-order valence-corrected chi connectivity index (χ3v) is 3.97. The average Bonchev–Trinajstić information content (AvgIpc) is 3.21. The molecule has 9 heteroatoms. The Morgan fingerprint density at radius 1 is 1.33 bits per heavy atom. The summed E-state index contributed by atoms with van der Waals surface area (Å²) in [6, 6.07) is 1.92. The summed E-state index contributed by atoms with van der Waals surface area (Å²) in [6.07, 6.45) is 5.50. The van der Waals surface area contributed by atoms with Crippen LogP contribution in [0.4, 0.5) is 0 Å². The van der Waals surface area contributed by atoms with Gasteiger partial charge in [0, 0.05) is 71.2 Å². The van der Waals surface area contributed by atoms with Crippen LogP contribution in [-0.2, 0) is 20.1 Å². The molecule has 24 heavy (non-hydrogen) atoms. The number of hydrogen-bond acceptors (Lipinski definition) is 5. The van der Waals surface area contributed by atoms with E-state index in [1.165, 1.54) is 0 Å². The van der Waals surface area contributed by atoms with Crippen LogP contribution in [0.15, 0.2) is 34.2 Å². The molecule has 8 nitrogen and oxygen atoms in total. The number of aryl methyl sites for hydroxylation is 1. The largest absolute Gasteiger partial charge is 0.364 e. The fourth-order valence-electron chi connectivity index (χ4n) is 2.74. The molecular weight excluding hydrogens is 421 g/mol. The lowest BCUT2D eigenvalue weighted by Gasteiger charge is -2.36. The van der Waals surface area contributed by atoms with E-state index >= 15 is 0 Å². The van der Waals surface area contributed by atoms with Gasteiger partial charge < -0.3 is 14.7 Å². The normalized spacial score (nSPS) is 16.1. The van der Waals surface area contributed by atoms with Crippen molar-refractivity contribution in [1.82, 2.24) is 30.1 Å². The third kappa shape index (κ3) is 4.94. The van der Waals surface area contributed by atoms with Crippen LogP contribution in [-0.4, -0.2) is 63.9 Å². The maximum Gasteiger partial charge on any atom is 0.194 e. The van der Waals surface area contributed by atoms with Crippen LogP contribution in [0.3, 0.4) is 0 Å². The molecule has 1 saturated heterocycles. The molecule has 0 bridgehead atoms. The van der Waals surface area contributed by atoms with Crippen molar-refractivity contribution in [3.63, 3.8) is 0 Å². The summed E-state index contributed by atoms with van der Waals surface area (Å²) in [5, 5.41) is 11.6. The van der Waals surface area contributed by atoms with Gasteiger partial charge in [0.2, 0.25) is 0 Å². The van der Waals surface area contributed by atoms with E-state index in [-0.39, 0.29) is 24.0 Å². The Morgan fingerprint density at radius 2 is 2.12 bits per heavy atom. The molecule has 0 aromatic carbocycles. The van der Waals surface area contributed by atoms with E-state index < -0.39 is 0 Å². The Kier molecular flexibility index (Phi) is 7.03. The van der Waals surface area contributed by atoms with Gasteiger partial charge in [-0.15, -0.1) is 24.0 Å². The maximum atomic E-state index is 4.89. The number of piperazine rings is 1. The van der Waals surface area contributed by atoms with Gasteiger partial charge in [-0.3, -0.25) is 14.6 Å². The number of nitrogens with zero attached hydrogens (tertiary/aromatic N) is 6. The van der Waals surface area contributed by atoms with E-state index in [2.05, 4.69) is 30.4 Å². The van der Waals surface area contributed by atoms with Crippen molar-refractivity contribution in [3.05, 3.63) is 36.0 Å². The quantitative estimate of drug-likeness (QED) is 0.429. The molecule has 0 atom stereocenters. The minimum atomic E-state index is 0.